The summed E-state index contributed by atoms with van der Waals surface area (Å²) in [6, 6.07) is 16.0. The number of anilines is 2. The summed E-state index contributed by atoms with van der Waals surface area (Å²) in [4.78, 5) is 148. The molecule has 4 aromatic heterocycles. The van der Waals surface area contributed by atoms with Crippen molar-refractivity contribution in [1.82, 2.24) is 34.7 Å². The van der Waals surface area contributed by atoms with E-state index in [-0.39, 0.29) is 131 Å². The van der Waals surface area contributed by atoms with E-state index in [9.17, 15) is 62.6 Å². The van der Waals surface area contributed by atoms with Gasteiger partial charge in [-0.3, -0.25) is 67.3 Å². The molecule has 2 atom stereocenters. The van der Waals surface area contributed by atoms with E-state index in [1.807, 2.05) is 6.92 Å². The van der Waals surface area contributed by atoms with Gasteiger partial charge in [-0.15, -0.1) is 0 Å². The topological polar surface area (TPSA) is 583 Å². The van der Waals surface area contributed by atoms with E-state index in [0.717, 1.165) is 35.1 Å². The number of aliphatic hydroxyl groups is 1. The number of ketones is 1. The van der Waals surface area contributed by atoms with E-state index in [2.05, 4.69) is 40.7 Å². The molecule has 2 unspecified atom stereocenters. The van der Waals surface area contributed by atoms with Gasteiger partial charge in [0.2, 0.25) is 18.2 Å². The number of carbonyl (C=O) groups is 11. The maximum atomic E-state index is 12.2. The van der Waals surface area contributed by atoms with Gasteiger partial charge in [0.1, 0.15) is 35.1 Å². The molecule has 35 heteroatoms. The Balaban J connectivity index is -0.000000310. The molecule has 0 saturated heterocycles. The first-order valence-corrected chi connectivity index (χ1v) is 23.9. The fraction of sp³-hybridized carbons (Fsp3) is 0.264. The molecular weight excluding hydrogens is 1170 g/mol. The quantitative estimate of drug-likeness (QED) is 0.0291. The third kappa shape index (κ3) is 26.2. The molecule has 0 saturated carbocycles. The number of β-amino-alcohol motifs (C(OH)–C–C–N with tert-alkyl or cyclic N) is 1. The number of primary amides is 4. The fourth-order valence-electron chi connectivity index (χ4n) is 7.06. The number of aryl methyl sites for hydroxylation is 3. The van der Waals surface area contributed by atoms with Gasteiger partial charge in [-0.25, -0.2) is 4.98 Å². The Labute approximate surface area is 559 Å². The zero-order chi connectivity index (χ0) is 64.6. The third-order valence-electron chi connectivity index (χ3n) is 10.7. The number of nitrogens with one attached hydrogen (secondary N) is 5. The van der Waals surface area contributed by atoms with E-state index >= 15 is 0 Å². The molecule has 456 valence electrons. The van der Waals surface area contributed by atoms with Gasteiger partial charge in [-0.1, -0.05) is 24.3 Å². The molecule has 9 amide bonds. The molecule has 0 aliphatic carbocycles. The number of H-pyrrole nitrogens is 4. The molecule has 8 rings (SSSR count). The van der Waals surface area contributed by atoms with Crippen LogP contribution in [0.1, 0.15) is 106 Å². The van der Waals surface area contributed by atoms with Crippen molar-refractivity contribution in [3.05, 3.63) is 134 Å². The number of nitrogens with two attached hydrogens (primary N) is 5. The van der Waals surface area contributed by atoms with Crippen molar-refractivity contribution in [1.29, 1.82) is 10.5 Å². The van der Waals surface area contributed by atoms with Crippen LogP contribution in [-0.4, -0.2) is 151 Å². The average molecular weight is 1240 g/mol. The number of nitrogen functional groups attached to an aromatic ring is 1. The van der Waals surface area contributed by atoms with Gasteiger partial charge in [0.15, 0.2) is 5.92 Å². The first kappa shape index (κ1) is 88.2. The van der Waals surface area contributed by atoms with Crippen LogP contribution >= 0.6 is 0 Å². The number of aromatic nitrogens is 5. The molecule has 0 spiro atoms. The van der Waals surface area contributed by atoms with Crippen LogP contribution in [0, 0.1) is 49.4 Å². The Morgan fingerprint density at radius 1 is 0.750 bits per heavy atom. The Morgan fingerprint density at radius 3 is 1.49 bits per heavy atom. The molecule has 2 aromatic carbocycles. The second kappa shape index (κ2) is 44.8. The number of amides is 9. The van der Waals surface area contributed by atoms with Crippen molar-refractivity contribution in [3.8, 4) is 12.1 Å². The van der Waals surface area contributed by atoms with Crippen molar-refractivity contribution in [2.45, 2.75) is 53.6 Å². The van der Waals surface area contributed by atoms with Crippen LogP contribution in [0.25, 0.3) is 11.0 Å². The largest absolute Gasteiger partial charge is 1.00 e. The normalized spacial score (nSPS) is 11.4. The number of nitrogens with zero attached hydrogens (tertiary/aromatic N) is 5. The summed E-state index contributed by atoms with van der Waals surface area (Å²) in [5.41, 5.74) is 28.1. The second-order valence-electron chi connectivity index (χ2n) is 16.8. The van der Waals surface area contributed by atoms with E-state index in [1.165, 1.54) is 32.3 Å². The molecular formula is C53H64LiN15Na2O17. The summed E-state index contributed by atoms with van der Waals surface area (Å²) in [6.07, 6.45) is 6.71. The van der Waals surface area contributed by atoms with E-state index in [4.69, 9.17) is 43.7 Å². The minimum absolute atomic E-state index is 0. The number of hydrogen-bond donors (Lipinski definition) is 11. The van der Waals surface area contributed by atoms with Gasteiger partial charge in [0.05, 0.1) is 76.9 Å². The molecule has 2 aliphatic heterocycles. The van der Waals surface area contributed by atoms with Crippen molar-refractivity contribution in [3.63, 3.8) is 0 Å². The van der Waals surface area contributed by atoms with Crippen LogP contribution in [-0.2, 0) is 28.7 Å². The summed E-state index contributed by atoms with van der Waals surface area (Å²) >= 11 is 0. The Kier molecular flexibility index (Phi) is 44.9. The molecule has 0 bridgehead atoms. The molecule has 32 nitrogen and oxygen atoms in total. The molecule has 0 fully saturated rings. The maximum Gasteiger partial charge on any atom is 1.00 e. The SMILES string of the molecule is CC(=O)CN1C(=O)c2ccccc2C1=O.CC(O)(CN1C(=O)c2ccccc2C1=O)C(C#N)C(N)=O.CCOC=O.C[O-].C[O-].Cc1c[nH]c(N)c1C(N)=O.Cc1c[nH]c(NC=O)c1C(N)=O.Cc1c[nH]c2nc[nH]c(=O)c12.N#CCC(N)=O.[Li+].[Na+].[Na+].[OH-]. The predicted octanol–water partition coefficient (Wildman–Crippen LogP) is -10.6. The summed E-state index contributed by atoms with van der Waals surface area (Å²) in [6.45, 7) is 9.94. The molecule has 88 heavy (non-hydrogen) atoms. The van der Waals surface area contributed by atoms with Gasteiger partial charge in [0, 0.05) is 18.6 Å². The standard InChI is InChI=1S/C14H13N3O4.C11H9NO3.C7H9N3O2.C7H7N3O.C6H9N3O.C3H4N2O.C3H6O2.2CH3O.Li.2Na.H2O/c1-14(21,10(6-15)11(16)18)7-17-12(19)8-4-2-3-5-9(8)13(17)20;1-7(13)6-12-10(14)8-4-2-3-5-9(8)11(12)15;1-4-2-9-7(10-3-11)5(4)6(8)12;1-4-2-8-6-5(4)7(11)10-3-9-6;1-3-2-9-5(7)4(3)6(8)10;4-2-1-3(5)6;1-2-5-3-4;2*1-2;;;;/h2-5,10,21H,7H2,1H3,(H2,16,18);2-5H,6H2,1H3;2-3,9H,1H3,(H2,8,12)(H,10,11);2-3H,1H3,(H2,8,9,10,11);2,9H,7H2,1H3,(H2,8,10);1H2,(H2,5,6);3H,2H2,1H3;2*1H3;;;;1H2/q;;;;;;;2*-1;3*+1;/p-1. The Bertz CT molecular complexity index is 3370. The number of benzene rings is 2. The monoisotopic (exact) mass is 1240 g/mol. The Morgan fingerprint density at radius 2 is 1.18 bits per heavy atom. The number of aromatic amines is 4. The zero-order valence-corrected chi connectivity index (χ0v) is 54.1. The van der Waals surface area contributed by atoms with Crippen LogP contribution in [0.15, 0.2) is 78.2 Å². The van der Waals surface area contributed by atoms with Gasteiger partial charge in [0.25, 0.3) is 47.5 Å². The Hall–Kier alpha value is -8.59. The number of rotatable bonds is 13. The number of ether oxygens (including phenoxy) is 1. The third-order valence-corrected chi connectivity index (χ3v) is 10.7. The van der Waals surface area contributed by atoms with Gasteiger partial charge in [-0.2, -0.15) is 24.7 Å². The summed E-state index contributed by atoms with van der Waals surface area (Å²) in [5, 5.41) is 46.3. The van der Waals surface area contributed by atoms with Gasteiger partial charge < -0.3 is 79.5 Å². The van der Waals surface area contributed by atoms with Crippen molar-refractivity contribution >= 4 is 88.6 Å². The van der Waals surface area contributed by atoms with Crippen molar-refractivity contribution in [2.75, 3.05) is 45.0 Å². The van der Waals surface area contributed by atoms with Gasteiger partial charge in [-0.05, 0) is 82.5 Å². The van der Waals surface area contributed by atoms with E-state index in [1.54, 1.807) is 87.9 Å². The molecule has 2 aliphatic rings. The smallest absolute Gasteiger partial charge is 0.870 e. The molecule has 17 N–H and O–H groups in total. The minimum atomic E-state index is -1.92. The summed E-state index contributed by atoms with van der Waals surface area (Å²) in [7, 11) is 1.50. The second-order valence-corrected chi connectivity index (χ2v) is 16.8. The average Bonchev–Trinajstić information content (AvgIpc) is 4.39. The first-order valence-electron chi connectivity index (χ1n) is 23.9. The number of carbonyl (C=O) groups excluding carboxylic acids is 11. The number of hydrogen-bond acceptors (Lipinski definition) is 21. The first-order chi connectivity index (χ1) is 39.7. The zero-order valence-electron chi connectivity index (χ0n) is 50.1. The number of nitriles is 2. The van der Waals surface area contributed by atoms with Crippen molar-refractivity contribution < 1.29 is 156 Å². The maximum absolute atomic E-state index is 12.2. The van der Waals surface area contributed by atoms with E-state index in [0.29, 0.717) is 70.0 Å². The molecule has 6 heterocycles. The number of fused-ring (bicyclic) bond motifs is 3. The fourth-order valence-corrected chi connectivity index (χ4v) is 7.06. The summed E-state index contributed by atoms with van der Waals surface area (Å²) in [5.74, 6) is -5.59. The van der Waals surface area contributed by atoms with Gasteiger partial charge >= 0.3 is 78.0 Å². The predicted molar refractivity (Wildman–Crippen MR) is 298 cm³/mol. The minimum Gasteiger partial charge on any atom is -0.870 e. The number of imide groups is 2. The van der Waals surface area contributed by atoms with Crippen LogP contribution in [0.5, 0.6) is 0 Å². The summed E-state index contributed by atoms with van der Waals surface area (Å²) < 4.78 is 4.15. The van der Waals surface area contributed by atoms with Crippen molar-refractivity contribution in [2.24, 2.45) is 28.9 Å². The van der Waals surface area contributed by atoms with Crippen LogP contribution < -0.4 is 128 Å². The van der Waals surface area contributed by atoms with Crippen LogP contribution in [0.2, 0.25) is 0 Å². The number of Topliss-reactive ketones (excluding diaryl/α,β-unsaturated/α-hetero) is 1. The molecule has 6 aromatic rings. The van der Waals surface area contributed by atoms with Crippen LogP contribution in [0.3, 0.4) is 0 Å². The van der Waals surface area contributed by atoms with Crippen LogP contribution in [0.4, 0.5) is 11.6 Å². The molecule has 0 radical (unpaired) electrons. The van der Waals surface area contributed by atoms with E-state index < -0.39 is 53.5 Å².